The minimum atomic E-state index is -0.775. The van der Waals surface area contributed by atoms with Gasteiger partial charge >= 0.3 is 5.97 Å². The molecule has 2 unspecified atom stereocenters. The number of aliphatic carboxylic acids is 1. The molecule has 0 saturated heterocycles. The Labute approximate surface area is 122 Å². The highest BCUT2D eigenvalue weighted by atomic mass is 19.1. The number of rotatable bonds is 5. The van der Waals surface area contributed by atoms with Gasteiger partial charge in [0.1, 0.15) is 5.82 Å². The molecule has 0 heterocycles. The van der Waals surface area contributed by atoms with Crippen LogP contribution in [0.2, 0.25) is 0 Å². The number of benzene rings is 2. The minimum Gasteiger partial charge on any atom is -0.481 e. The maximum Gasteiger partial charge on any atom is 0.307 e. The van der Waals surface area contributed by atoms with Gasteiger partial charge in [-0.3, -0.25) is 4.79 Å². The van der Waals surface area contributed by atoms with E-state index in [1.165, 1.54) is 6.07 Å². The summed E-state index contributed by atoms with van der Waals surface area (Å²) in [6, 6.07) is 14.6. The van der Waals surface area contributed by atoms with E-state index in [-0.39, 0.29) is 17.7 Å². The van der Waals surface area contributed by atoms with Gasteiger partial charge in [0.15, 0.2) is 0 Å². The highest BCUT2D eigenvalue weighted by Crippen LogP contribution is 2.48. The molecule has 1 aliphatic rings. The van der Waals surface area contributed by atoms with Crippen LogP contribution in [0, 0.1) is 11.7 Å². The summed E-state index contributed by atoms with van der Waals surface area (Å²) in [4.78, 5) is 10.9. The number of nitrogens with one attached hydrogen (secondary N) is 1. The topological polar surface area (TPSA) is 49.3 Å². The second kappa shape index (κ2) is 5.56. The van der Waals surface area contributed by atoms with Crippen LogP contribution < -0.4 is 5.32 Å². The van der Waals surface area contributed by atoms with E-state index < -0.39 is 5.97 Å². The maximum absolute atomic E-state index is 13.8. The van der Waals surface area contributed by atoms with Crippen molar-refractivity contribution in [2.24, 2.45) is 5.92 Å². The molecule has 108 valence electrons. The van der Waals surface area contributed by atoms with Gasteiger partial charge in [0.05, 0.1) is 11.6 Å². The average molecular weight is 285 g/mol. The van der Waals surface area contributed by atoms with Gasteiger partial charge in [0.25, 0.3) is 0 Å². The molecule has 1 saturated carbocycles. The van der Waals surface area contributed by atoms with Crippen LogP contribution in [0.1, 0.15) is 23.5 Å². The fraction of sp³-hybridized carbons (Fsp3) is 0.235. The Morgan fingerprint density at radius 2 is 2.00 bits per heavy atom. The molecule has 4 heteroatoms. The second-order valence-corrected chi connectivity index (χ2v) is 5.37. The number of hydrogen-bond donors (Lipinski definition) is 2. The summed E-state index contributed by atoms with van der Waals surface area (Å²) in [5, 5.41) is 12.0. The van der Waals surface area contributed by atoms with E-state index in [0.717, 1.165) is 11.1 Å². The molecule has 0 bridgehead atoms. The molecule has 2 N–H and O–H groups in total. The Hall–Kier alpha value is -2.36. The lowest BCUT2D eigenvalue weighted by molar-refractivity contribution is -0.138. The van der Waals surface area contributed by atoms with Crippen molar-refractivity contribution < 1.29 is 14.3 Å². The lowest BCUT2D eigenvalue weighted by Gasteiger charge is -2.10. The number of halogens is 1. The summed E-state index contributed by atoms with van der Waals surface area (Å²) >= 11 is 0. The molecule has 0 amide bonds. The summed E-state index contributed by atoms with van der Waals surface area (Å²) < 4.78 is 13.8. The van der Waals surface area contributed by atoms with Gasteiger partial charge in [-0.25, -0.2) is 4.39 Å². The Morgan fingerprint density at radius 3 is 2.67 bits per heavy atom. The fourth-order valence-corrected chi connectivity index (χ4v) is 2.54. The molecule has 0 aromatic heterocycles. The Kier molecular flexibility index (Phi) is 3.60. The monoisotopic (exact) mass is 285 g/mol. The second-order valence-electron chi connectivity index (χ2n) is 5.37. The number of carboxylic acid groups (broad SMARTS) is 1. The molecule has 0 aliphatic heterocycles. The van der Waals surface area contributed by atoms with Gasteiger partial charge in [-0.05, 0) is 35.6 Å². The SMILES string of the molecule is O=C(O)C1CC1c1ccc(F)c(NCc2ccccc2)c1. The molecule has 0 radical (unpaired) electrons. The summed E-state index contributed by atoms with van der Waals surface area (Å²) in [6.45, 7) is 0.536. The predicted octanol–water partition coefficient (Wildman–Crippen LogP) is 3.63. The van der Waals surface area contributed by atoms with Crippen LogP contribution in [0.3, 0.4) is 0 Å². The van der Waals surface area contributed by atoms with Crippen molar-refractivity contribution in [3.63, 3.8) is 0 Å². The van der Waals surface area contributed by atoms with Crippen LogP contribution in [0.5, 0.6) is 0 Å². The molecular formula is C17H16FNO2. The normalized spacial score (nSPS) is 20.0. The molecule has 0 spiro atoms. The first-order valence-corrected chi connectivity index (χ1v) is 6.95. The molecule has 3 rings (SSSR count). The highest BCUT2D eigenvalue weighted by molar-refractivity contribution is 5.75. The van der Waals surface area contributed by atoms with E-state index in [1.807, 2.05) is 30.3 Å². The van der Waals surface area contributed by atoms with Crippen LogP contribution in [-0.4, -0.2) is 11.1 Å². The van der Waals surface area contributed by atoms with Crippen LogP contribution in [0.15, 0.2) is 48.5 Å². The first-order chi connectivity index (χ1) is 10.1. The summed E-state index contributed by atoms with van der Waals surface area (Å²) in [6.07, 6.45) is 0.638. The van der Waals surface area contributed by atoms with Crippen LogP contribution in [0.25, 0.3) is 0 Å². The van der Waals surface area contributed by atoms with E-state index in [9.17, 15) is 9.18 Å². The zero-order chi connectivity index (χ0) is 14.8. The largest absolute Gasteiger partial charge is 0.481 e. The standard InChI is InChI=1S/C17H16FNO2/c18-15-7-6-12(13-9-14(13)17(20)21)8-16(15)19-10-11-4-2-1-3-5-11/h1-8,13-14,19H,9-10H2,(H,20,21). The van der Waals surface area contributed by atoms with E-state index in [0.29, 0.717) is 18.7 Å². The third-order valence-electron chi connectivity index (χ3n) is 3.85. The van der Waals surface area contributed by atoms with Gasteiger partial charge in [-0.1, -0.05) is 36.4 Å². The predicted molar refractivity (Wildman–Crippen MR) is 78.7 cm³/mol. The van der Waals surface area contributed by atoms with Crippen molar-refractivity contribution in [2.75, 3.05) is 5.32 Å². The first kappa shape index (κ1) is 13.6. The molecule has 1 aliphatic carbocycles. The van der Waals surface area contributed by atoms with Crippen molar-refractivity contribution in [2.45, 2.75) is 18.9 Å². The van der Waals surface area contributed by atoms with Gasteiger partial charge < -0.3 is 10.4 Å². The average Bonchev–Trinajstić information content (AvgIpc) is 3.28. The molecule has 1 fully saturated rings. The number of carboxylic acids is 1. The molecule has 2 atom stereocenters. The summed E-state index contributed by atoms with van der Waals surface area (Å²) in [7, 11) is 0. The lowest BCUT2D eigenvalue weighted by Crippen LogP contribution is -2.03. The first-order valence-electron chi connectivity index (χ1n) is 6.95. The van der Waals surface area contributed by atoms with E-state index >= 15 is 0 Å². The summed E-state index contributed by atoms with van der Waals surface area (Å²) in [5.74, 6) is -1.40. The summed E-state index contributed by atoms with van der Waals surface area (Å²) in [5.41, 5.74) is 2.38. The van der Waals surface area contributed by atoms with Crippen molar-refractivity contribution >= 4 is 11.7 Å². The maximum atomic E-state index is 13.8. The van der Waals surface area contributed by atoms with Gasteiger partial charge in [0, 0.05) is 6.54 Å². The third-order valence-corrected chi connectivity index (χ3v) is 3.85. The molecule has 21 heavy (non-hydrogen) atoms. The van der Waals surface area contributed by atoms with Crippen LogP contribution >= 0.6 is 0 Å². The number of anilines is 1. The van der Waals surface area contributed by atoms with Crippen molar-refractivity contribution in [1.82, 2.24) is 0 Å². The Bertz CT molecular complexity index is 657. The fourth-order valence-electron chi connectivity index (χ4n) is 2.54. The third kappa shape index (κ3) is 3.05. The van der Waals surface area contributed by atoms with Crippen LogP contribution in [0.4, 0.5) is 10.1 Å². The number of hydrogen-bond acceptors (Lipinski definition) is 2. The highest BCUT2D eigenvalue weighted by Gasteiger charge is 2.44. The van der Waals surface area contributed by atoms with Crippen molar-refractivity contribution in [1.29, 1.82) is 0 Å². The molecule has 2 aromatic carbocycles. The molecular weight excluding hydrogens is 269 g/mol. The van der Waals surface area contributed by atoms with Gasteiger partial charge in [0.2, 0.25) is 0 Å². The zero-order valence-electron chi connectivity index (χ0n) is 11.4. The minimum absolute atomic E-state index is 0.0142. The van der Waals surface area contributed by atoms with Gasteiger partial charge in [-0.2, -0.15) is 0 Å². The quantitative estimate of drug-likeness (QED) is 0.882. The van der Waals surface area contributed by atoms with E-state index in [1.54, 1.807) is 12.1 Å². The Balaban J connectivity index is 1.72. The van der Waals surface area contributed by atoms with E-state index in [4.69, 9.17) is 5.11 Å². The van der Waals surface area contributed by atoms with Crippen LogP contribution in [-0.2, 0) is 11.3 Å². The number of carbonyl (C=O) groups is 1. The van der Waals surface area contributed by atoms with Crippen molar-refractivity contribution in [3.8, 4) is 0 Å². The smallest absolute Gasteiger partial charge is 0.307 e. The zero-order valence-corrected chi connectivity index (χ0v) is 11.4. The van der Waals surface area contributed by atoms with E-state index in [2.05, 4.69) is 5.32 Å². The lowest BCUT2D eigenvalue weighted by atomic mass is 10.1. The molecule has 3 nitrogen and oxygen atoms in total. The Morgan fingerprint density at radius 1 is 1.24 bits per heavy atom. The molecule has 2 aromatic rings. The van der Waals surface area contributed by atoms with Crippen molar-refractivity contribution in [3.05, 3.63) is 65.5 Å². The van der Waals surface area contributed by atoms with Gasteiger partial charge in [-0.15, -0.1) is 0 Å².